The largest absolute Gasteiger partial charge is 0.472 e. The fourth-order valence-corrected chi connectivity index (χ4v) is 10.9. The number of phosphoric acid groups is 2. The van der Waals surface area contributed by atoms with Crippen LogP contribution in [0.2, 0.25) is 0 Å². The third kappa shape index (κ3) is 54.7. The minimum absolute atomic E-state index is 0.104. The van der Waals surface area contributed by atoms with Crippen molar-refractivity contribution in [2.24, 2.45) is 11.8 Å². The number of carbonyl (C=O) groups is 4. The van der Waals surface area contributed by atoms with Gasteiger partial charge in [-0.1, -0.05) is 260 Å². The highest BCUT2D eigenvalue weighted by Gasteiger charge is 2.30. The van der Waals surface area contributed by atoms with Crippen LogP contribution in [0.1, 0.15) is 311 Å². The predicted molar refractivity (Wildman–Crippen MR) is 326 cm³/mol. The molecule has 0 aromatic carbocycles. The summed E-state index contributed by atoms with van der Waals surface area (Å²) < 4.78 is 67.9. The van der Waals surface area contributed by atoms with E-state index in [-0.39, 0.29) is 25.7 Å². The quantitative estimate of drug-likeness (QED) is 0.0222. The number of hydrogen-bond acceptors (Lipinski definition) is 15. The van der Waals surface area contributed by atoms with Crippen LogP contribution in [0.25, 0.3) is 0 Å². The van der Waals surface area contributed by atoms with Gasteiger partial charge in [-0.25, -0.2) is 9.13 Å². The Labute approximate surface area is 498 Å². The van der Waals surface area contributed by atoms with Crippen molar-refractivity contribution in [3.8, 4) is 0 Å². The Bertz CT molecular complexity index is 1620. The zero-order valence-corrected chi connectivity index (χ0v) is 54.6. The number of phosphoric ester groups is 2. The molecule has 0 amide bonds. The van der Waals surface area contributed by atoms with Gasteiger partial charge in [0, 0.05) is 25.7 Å². The van der Waals surface area contributed by atoms with Crippen molar-refractivity contribution in [3.05, 3.63) is 0 Å². The third-order valence-electron chi connectivity index (χ3n) is 15.2. The molecule has 0 spiro atoms. The molecule has 0 fully saturated rings. The number of aliphatic hydroxyl groups excluding tert-OH is 1. The molecular formula is C63H122O17P2. The maximum atomic E-state index is 13.0. The fourth-order valence-electron chi connectivity index (χ4n) is 9.29. The minimum atomic E-state index is -4.94. The molecule has 4 unspecified atom stereocenters. The summed E-state index contributed by atoms with van der Waals surface area (Å²) in [5, 5.41) is 10.5. The summed E-state index contributed by atoms with van der Waals surface area (Å²) in [5.41, 5.74) is 0. The molecule has 0 aliphatic rings. The molecule has 19 heteroatoms. The first kappa shape index (κ1) is 80.1. The van der Waals surface area contributed by atoms with Crippen molar-refractivity contribution < 1.29 is 80.2 Å². The van der Waals surface area contributed by atoms with E-state index in [2.05, 4.69) is 41.5 Å². The van der Waals surface area contributed by atoms with Crippen molar-refractivity contribution in [3.63, 3.8) is 0 Å². The maximum absolute atomic E-state index is 13.0. The number of ether oxygens (including phenoxy) is 4. The Hall–Kier alpha value is -1.94. The lowest BCUT2D eigenvalue weighted by Gasteiger charge is -2.21. The van der Waals surface area contributed by atoms with Gasteiger partial charge in [0.2, 0.25) is 0 Å². The predicted octanol–water partition coefficient (Wildman–Crippen LogP) is 17.3. The minimum Gasteiger partial charge on any atom is -0.462 e. The van der Waals surface area contributed by atoms with Gasteiger partial charge in [0.1, 0.15) is 19.3 Å². The summed E-state index contributed by atoms with van der Waals surface area (Å²) in [6.45, 7) is 9.45. The van der Waals surface area contributed by atoms with Crippen LogP contribution in [-0.4, -0.2) is 96.7 Å². The highest BCUT2D eigenvalue weighted by Crippen LogP contribution is 2.45. The average Bonchev–Trinajstić information content (AvgIpc) is 3.46. The van der Waals surface area contributed by atoms with E-state index in [1.54, 1.807) is 0 Å². The van der Waals surface area contributed by atoms with Crippen molar-refractivity contribution in [1.29, 1.82) is 0 Å². The zero-order valence-electron chi connectivity index (χ0n) is 52.8. The van der Waals surface area contributed by atoms with Crippen molar-refractivity contribution >= 4 is 39.5 Å². The van der Waals surface area contributed by atoms with Crippen LogP contribution in [0.3, 0.4) is 0 Å². The topological polar surface area (TPSA) is 237 Å². The summed E-state index contributed by atoms with van der Waals surface area (Å²) in [7, 11) is -9.88. The second-order valence-electron chi connectivity index (χ2n) is 23.3. The van der Waals surface area contributed by atoms with E-state index in [9.17, 15) is 43.2 Å². The number of carbonyl (C=O) groups excluding carboxylic acids is 4. The standard InChI is InChI=1S/C63H122O17P2/c1-7-11-13-15-17-19-27-33-39-45-60(65)73-51-58(79-62(67)47-41-35-29-20-18-16-14-12-8-2)53-77-81(69,70)75-49-57(64)50-76-82(71,72)78-54-59(80-63(68)48-42-36-30-24-22-26-32-38-44-56(6)10-4)52-74-61(66)46-40-34-28-23-21-25-31-37-43-55(5)9-3/h55-59,64H,7-54H2,1-6H3,(H,69,70)(H,71,72)/t55?,56?,57-,58+,59+/m0/s1. The lowest BCUT2D eigenvalue weighted by molar-refractivity contribution is -0.161. The molecule has 0 aliphatic heterocycles. The molecule has 0 aromatic rings. The van der Waals surface area contributed by atoms with Crippen molar-refractivity contribution in [1.82, 2.24) is 0 Å². The van der Waals surface area contributed by atoms with Gasteiger partial charge >= 0.3 is 39.5 Å². The van der Waals surface area contributed by atoms with Crippen LogP contribution in [0, 0.1) is 11.8 Å². The summed E-state index contributed by atoms with van der Waals surface area (Å²) in [4.78, 5) is 72.1. The number of hydrogen-bond donors (Lipinski definition) is 3. The smallest absolute Gasteiger partial charge is 0.462 e. The molecule has 7 atom stereocenters. The van der Waals surface area contributed by atoms with E-state index in [1.807, 2.05) is 0 Å². The first-order valence-corrected chi connectivity index (χ1v) is 36.1. The van der Waals surface area contributed by atoms with Gasteiger partial charge in [0.25, 0.3) is 0 Å². The third-order valence-corrected chi connectivity index (χ3v) is 17.1. The van der Waals surface area contributed by atoms with E-state index in [0.29, 0.717) is 25.7 Å². The number of unbranched alkanes of at least 4 members (excludes halogenated alkanes) is 30. The Morgan fingerprint density at radius 3 is 0.866 bits per heavy atom. The van der Waals surface area contributed by atoms with Gasteiger partial charge in [-0.15, -0.1) is 0 Å². The molecule has 82 heavy (non-hydrogen) atoms. The Balaban J connectivity index is 5.24. The van der Waals surface area contributed by atoms with Gasteiger partial charge < -0.3 is 33.8 Å². The summed E-state index contributed by atoms with van der Waals surface area (Å²) in [6, 6.07) is 0. The molecule has 486 valence electrons. The first-order chi connectivity index (χ1) is 39.4. The molecule has 0 rings (SSSR count). The zero-order chi connectivity index (χ0) is 60.8. The summed E-state index contributed by atoms with van der Waals surface area (Å²) in [6.07, 6.45) is 37.4. The number of esters is 4. The van der Waals surface area contributed by atoms with E-state index >= 15 is 0 Å². The Kier molecular flexibility index (Phi) is 54.3. The average molecular weight is 1210 g/mol. The number of aliphatic hydroxyl groups is 1. The van der Waals surface area contributed by atoms with Crippen molar-refractivity contribution in [2.75, 3.05) is 39.6 Å². The van der Waals surface area contributed by atoms with Gasteiger partial charge in [-0.2, -0.15) is 0 Å². The molecule has 0 radical (unpaired) electrons. The summed E-state index contributed by atoms with van der Waals surface area (Å²) >= 11 is 0. The normalized spacial score (nSPS) is 15.0. The molecule has 0 heterocycles. The number of rotatable bonds is 62. The molecule has 0 bridgehead atoms. The van der Waals surface area contributed by atoms with Gasteiger partial charge in [0.05, 0.1) is 26.4 Å². The maximum Gasteiger partial charge on any atom is 0.472 e. The van der Waals surface area contributed by atoms with E-state index < -0.39 is 97.5 Å². The van der Waals surface area contributed by atoms with E-state index in [4.69, 9.17) is 37.0 Å². The summed E-state index contributed by atoms with van der Waals surface area (Å²) in [5.74, 6) is -0.591. The first-order valence-electron chi connectivity index (χ1n) is 33.1. The lowest BCUT2D eigenvalue weighted by atomic mass is 9.99. The second-order valence-corrected chi connectivity index (χ2v) is 26.2. The highest BCUT2D eigenvalue weighted by molar-refractivity contribution is 7.47. The van der Waals surface area contributed by atoms with Crippen molar-refractivity contribution in [2.45, 2.75) is 330 Å². The molecule has 0 aromatic heterocycles. The fraction of sp³-hybridized carbons (Fsp3) is 0.937. The molecular weight excluding hydrogens is 1090 g/mol. The van der Waals surface area contributed by atoms with Crippen LogP contribution >= 0.6 is 15.6 Å². The highest BCUT2D eigenvalue weighted by atomic mass is 31.2. The van der Waals surface area contributed by atoms with Crippen LogP contribution in [0.4, 0.5) is 0 Å². The van der Waals surface area contributed by atoms with Gasteiger partial charge in [0.15, 0.2) is 12.2 Å². The SMILES string of the molecule is CCCCCCCCCCCC(=O)OC[C@H](COP(=O)(O)OC[C@H](O)COP(=O)(O)OC[C@@H](COC(=O)CCCCCCCCCCC(C)CC)OC(=O)CCCCCCCCCCC(C)CC)OC(=O)CCCCCCCCCCC. The lowest BCUT2D eigenvalue weighted by Crippen LogP contribution is -2.30. The molecule has 0 saturated heterocycles. The van der Waals surface area contributed by atoms with E-state index in [0.717, 1.165) is 102 Å². The second kappa shape index (κ2) is 55.6. The van der Waals surface area contributed by atoms with E-state index in [1.165, 1.54) is 128 Å². The molecule has 17 nitrogen and oxygen atoms in total. The Morgan fingerprint density at radius 1 is 0.341 bits per heavy atom. The molecule has 3 N–H and O–H groups in total. The molecule has 0 saturated carbocycles. The van der Waals surface area contributed by atoms with Crippen LogP contribution in [0.15, 0.2) is 0 Å². The van der Waals surface area contributed by atoms with Crippen LogP contribution in [-0.2, 0) is 65.4 Å². The monoisotopic (exact) mass is 1210 g/mol. The van der Waals surface area contributed by atoms with Gasteiger partial charge in [-0.05, 0) is 37.5 Å². The molecule has 0 aliphatic carbocycles. The van der Waals surface area contributed by atoms with Gasteiger partial charge in [-0.3, -0.25) is 37.3 Å². The van der Waals surface area contributed by atoms with Crippen LogP contribution < -0.4 is 0 Å². The van der Waals surface area contributed by atoms with Crippen LogP contribution in [0.5, 0.6) is 0 Å². The Morgan fingerprint density at radius 2 is 0.585 bits per heavy atom.